The van der Waals surface area contributed by atoms with Crippen LogP contribution in [0.2, 0.25) is 5.15 Å². The van der Waals surface area contributed by atoms with Gasteiger partial charge in [-0.3, -0.25) is 4.79 Å². The summed E-state index contributed by atoms with van der Waals surface area (Å²) in [5.74, 6) is 0.443. The van der Waals surface area contributed by atoms with Gasteiger partial charge in [0, 0.05) is 13.2 Å². The van der Waals surface area contributed by atoms with Crippen molar-refractivity contribution in [3.8, 4) is 5.75 Å². The van der Waals surface area contributed by atoms with Crippen LogP contribution in [0, 0.1) is 6.92 Å². The summed E-state index contributed by atoms with van der Waals surface area (Å²) >= 11 is 5.92. The number of benzene rings is 1. The lowest BCUT2D eigenvalue weighted by Gasteiger charge is -2.14. The molecule has 5 nitrogen and oxygen atoms in total. The van der Waals surface area contributed by atoms with Gasteiger partial charge in [-0.15, -0.1) is 0 Å². The molecule has 110 valence electrons. The molecule has 21 heavy (non-hydrogen) atoms. The second-order valence-electron chi connectivity index (χ2n) is 4.46. The fourth-order valence-electron chi connectivity index (χ4n) is 1.90. The number of carbonyl (C=O) groups is 1. The van der Waals surface area contributed by atoms with Gasteiger partial charge in [0.2, 0.25) is 0 Å². The van der Waals surface area contributed by atoms with Crippen molar-refractivity contribution in [2.75, 3.05) is 19.5 Å². The fraction of sp³-hybridized carbons (Fsp3) is 0.200. The third kappa shape index (κ3) is 3.44. The summed E-state index contributed by atoms with van der Waals surface area (Å²) < 4.78 is 5.34. The molecule has 0 atom stereocenters. The highest BCUT2D eigenvalue weighted by Gasteiger charge is 2.13. The summed E-state index contributed by atoms with van der Waals surface area (Å²) in [7, 11) is 3.16. The molecule has 0 aliphatic carbocycles. The zero-order valence-electron chi connectivity index (χ0n) is 12.0. The number of aromatic nitrogens is 1. The largest absolute Gasteiger partial charge is 0.495 e. The minimum Gasteiger partial charge on any atom is -0.495 e. The van der Waals surface area contributed by atoms with Gasteiger partial charge in [-0.2, -0.15) is 0 Å². The van der Waals surface area contributed by atoms with Crippen LogP contribution in [-0.2, 0) is 0 Å². The number of hydrogen-bond donors (Lipinski definition) is 2. The van der Waals surface area contributed by atoms with Crippen LogP contribution in [0.1, 0.15) is 15.9 Å². The fourth-order valence-corrected chi connectivity index (χ4v) is 2.05. The van der Waals surface area contributed by atoms with Gasteiger partial charge in [-0.05, 0) is 30.7 Å². The van der Waals surface area contributed by atoms with Gasteiger partial charge in [-0.25, -0.2) is 4.98 Å². The highest BCUT2D eigenvalue weighted by atomic mass is 35.5. The normalized spacial score (nSPS) is 10.1. The minimum atomic E-state index is -0.243. The van der Waals surface area contributed by atoms with Crippen molar-refractivity contribution in [2.45, 2.75) is 6.92 Å². The molecule has 0 radical (unpaired) electrons. The van der Waals surface area contributed by atoms with Gasteiger partial charge in [0.1, 0.15) is 10.9 Å². The lowest BCUT2D eigenvalue weighted by molar-refractivity contribution is 0.0963. The van der Waals surface area contributed by atoms with Crippen molar-refractivity contribution in [1.82, 2.24) is 10.3 Å². The molecule has 0 fully saturated rings. The zero-order chi connectivity index (χ0) is 15.4. The number of anilines is 2. The Bertz CT molecular complexity index is 674. The van der Waals surface area contributed by atoms with E-state index in [9.17, 15) is 4.79 Å². The van der Waals surface area contributed by atoms with Gasteiger partial charge >= 0.3 is 0 Å². The van der Waals surface area contributed by atoms with Crippen LogP contribution in [0.25, 0.3) is 0 Å². The number of carbonyl (C=O) groups excluding carboxylic acids is 1. The van der Waals surface area contributed by atoms with Crippen LogP contribution in [0.5, 0.6) is 5.75 Å². The highest BCUT2D eigenvalue weighted by Crippen LogP contribution is 2.30. The number of halogens is 1. The first-order chi connectivity index (χ1) is 10.0. The highest BCUT2D eigenvalue weighted by molar-refractivity contribution is 6.29. The second kappa shape index (κ2) is 6.45. The molecule has 1 heterocycles. The molecule has 0 saturated heterocycles. The smallest absolute Gasteiger partial charge is 0.254 e. The van der Waals surface area contributed by atoms with E-state index in [0.717, 1.165) is 11.3 Å². The number of hydrogen-bond acceptors (Lipinski definition) is 4. The Hall–Kier alpha value is -2.27. The first-order valence-corrected chi connectivity index (χ1v) is 6.72. The zero-order valence-corrected chi connectivity index (χ0v) is 12.8. The number of nitrogens with one attached hydrogen (secondary N) is 2. The Morgan fingerprint density at radius 1 is 1.29 bits per heavy atom. The Labute approximate surface area is 128 Å². The number of aryl methyl sites for hydroxylation is 1. The lowest BCUT2D eigenvalue weighted by atomic mass is 10.1. The molecule has 2 N–H and O–H groups in total. The third-order valence-electron chi connectivity index (χ3n) is 2.97. The van der Waals surface area contributed by atoms with Gasteiger partial charge < -0.3 is 15.4 Å². The Kier molecular flexibility index (Phi) is 4.65. The second-order valence-corrected chi connectivity index (χ2v) is 4.85. The molecule has 0 aliphatic rings. The quantitative estimate of drug-likeness (QED) is 0.852. The lowest BCUT2D eigenvalue weighted by Crippen LogP contribution is -2.19. The number of nitrogens with zero attached hydrogens (tertiary/aromatic N) is 1. The molecular weight excluding hydrogens is 290 g/mol. The number of amides is 1. The number of ether oxygens (including phenoxy) is 1. The average molecular weight is 306 g/mol. The SMILES string of the molecule is CNC(=O)c1cnc(Cl)cc1Nc1ccc(C)cc1OC. The van der Waals surface area contributed by atoms with Crippen molar-refractivity contribution < 1.29 is 9.53 Å². The summed E-state index contributed by atoms with van der Waals surface area (Å²) in [6.45, 7) is 1.98. The molecule has 2 rings (SSSR count). The molecule has 0 unspecified atom stereocenters. The van der Waals surface area contributed by atoms with Gasteiger partial charge in [0.15, 0.2) is 0 Å². The molecular formula is C15H16ClN3O2. The van der Waals surface area contributed by atoms with Crippen LogP contribution >= 0.6 is 11.6 Å². The molecule has 1 aromatic carbocycles. The molecule has 2 aromatic rings. The number of methoxy groups -OCH3 is 1. The van der Waals surface area contributed by atoms with E-state index in [0.29, 0.717) is 22.2 Å². The van der Waals surface area contributed by atoms with Crippen LogP contribution in [0.15, 0.2) is 30.5 Å². The molecule has 1 amide bonds. The van der Waals surface area contributed by atoms with Crippen molar-refractivity contribution in [3.05, 3.63) is 46.7 Å². The first-order valence-electron chi connectivity index (χ1n) is 6.34. The van der Waals surface area contributed by atoms with Crippen LogP contribution in [0.4, 0.5) is 11.4 Å². The van der Waals surface area contributed by atoms with Crippen molar-refractivity contribution in [3.63, 3.8) is 0 Å². The topological polar surface area (TPSA) is 63.2 Å². The van der Waals surface area contributed by atoms with Crippen molar-refractivity contribution in [2.24, 2.45) is 0 Å². The summed E-state index contributed by atoms with van der Waals surface area (Å²) in [5, 5.41) is 6.04. The van der Waals surface area contributed by atoms with E-state index in [1.807, 2.05) is 25.1 Å². The number of pyridine rings is 1. The van der Waals surface area contributed by atoms with Crippen LogP contribution in [0.3, 0.4) is 0 Å². The molecule has 1 aromatic heterocycles. The maximum atomic E-state index is 11.9. The van der Waals surface area contributed by atoms with E-state index >= 15 is 0 Å². The van der Waals surface area contributed by atoms with E-state index in [2.05, 4.69) is 15.6 Å². The summed E-state index contributed by atoms with van der Waals surface area (Å²) in [4.78, 5) is 15.8. The van der Waals surface area contributed by atoms with Crippen LogP contribution < -0.4 is 15.4 Å². The molecule has 0 bridgehead atoms. The number of rotatable bonds is 4. The van der Waals surface area contributed by atoms with E-state index in [1.165, 1.54) is 6.20 Å². The van der Waals surface area contributed by atoms with Crippen molar-refractivity contribution >= 4 is 28.9 Å². The van der Waals surface area contributed by atoms with E-state index in [-0.39, 0.29) is 5.91 Å². The first kappa shape index (κ1) is 15.1. The van der Waals surface area contributed by atoms with E-state index in [4.69, 9.17) is 16.3 Å². The maximum Gasteiger partial charge on any atom is 0.254 e. The summed E-state index contributed by atoms with van der Waals surface area (Å²) in [6.07, 6.45) is 1.43. The molecule has 6 heteroatoms. The third-order valence-corrected chi connectivity index (χ3v) is 3.18. The standard InChI is InChI=1S/C15H16ClN3O2/c1-9-4-5-11(13(6-9)21-3)19-12-7-14(16)18-8-10(12)15(20)17-2/h4-8H,1-3H3,(H,17,20)(H,18,19). The monoisotopic (exact) mass is 305 g/mol. The Morgan fingerprint density at radius 2 is 2.05 bits per heavy atom. The van der Waals surface area contributed by atoms with E-state index in [1.54, 1.807) is 20.2 Å². The van der Waals surface area contributed by atoms with Gasteiger partial charge in [0.05, 0.1) is 24.0 Å². The van der Waals surface area contributed by atoms with Gasteiger partial charge in [-0.1, -0.05) is 17.7 Å². The van der Waals surface area contributed by atoms with Crippen LogP contribution in [-0.4, -0.2) is 25.0 Å². The Balaban J connectivity index is 2.43. The van der Waals surface area contributed by atoms with Crippen molar-refractivity contribution in [1.29, 1.82) is 0 Å². The molecule has 0 saturated carbocycles. The predicted molar refractivity (Wildman–Crippen MR) is 83.7 cm³/mol. The minimum absolute atomic E-state index is 0.243. The molecule has 0 aliphatic heterocycles. The predicted octanol–water partition coefficient (Wildman–Crippen LogP) is 3.16. The molecule has 0 spiro atoms. The summed E-state index contributed by atoms with van der Waals surface area (Å²) in [6, 6.07) is 7.35. The average Bonchev–Trinajstić information content (AvgIpc) is 2.48. The maximum absolute atomic E-state index is 11.9. The van der Waals surface area contributed by atoms with E-state index < -0.39 is 0 Å². The summed E-state index contributed by atoms with van der Waals surface area (Å²) in [5.41, 5.74) is 2.80. The Morgan fingerprint density at radius 3 is 2.71 bits per heavy atom. The van der Waals surface area contributed by atoms with Gasteiger partial charge in [0.25, 0.3) is 5.91 Å².